The Balaban J connectivity index is 1.56. The number of rotatable bonds is 10. The fourth-order valence-corrected chi connectivity index (χ4v) is 5.09. The van der Waals surface area contributed by atoms with Crippen LogP contribution in [0.2, 0.25) is 0 Å². The van der Waals surface area contributed by atoms with E-state index in [1.54, 1.807) is 11.8 Å². The van der Waals surface area contributed by atoms with Crippen LogP contribution in [-0.2, 0) is 12.2 Å². The second kappa shape index (κ2) is 12.0. The van der Waals surface area contributed by atoms with Gasteiger partial charge in [0, 0.05) is 17.0 Å². The predicted octanol–water partition coefficient (Wildman–Crippen LogP) is 7.01. The third-order valence-electron chi connectivity index (χ3n) is 6.34. The minimum Gasteiger partial charge on any atom is -0.342 e. The van der Waals surface area contributed by atoms with Crippen LogP contribution in [0.3, 0.4) is 0 Å². The van der Waals surface area contributed by atoms with Crippen LogP contribution in [0.4, 0.5) is 0 Å². The van der Waals surface area contributed by atoms with Crippen molar-refractivity contribution in [2.24, 2.45) is 0 Å². The van der Waals surface area contributed by atoms with E-state index in [0.29, 0.717) is 11.4 Å². The first-order valence-electron chi connectivity index (χ1n) is 12.6. The van der Waals surface area contributed by atoms with E-state index < -0.39 is 0 Å². The van der Waals surface area contributed by atoms with E-state index >= 15 is 0 Å². The summed E-state index contributed by atoms with van der Waals surface area (Å²) in [6, 6.07) is 24.3. The molecule has 0 bridgehead atoms. The van der Waals surface area contributed by atoms with Crippen LogP contribution in [0, 0.1) is 13.8 Å². The van der Waals surface area contributed by atoms with E-state index in [1.165, 1.54) is 22.3 Å². The molecule has 4 aromatic rings. The number of aryl methyl sites for hydroxylation is 3. The van der Waals surface area contributed by atoms with Gasteiger partial charge in [0.1, 0.15) is 0 Å². The molecule has 1 amide bonds. The monoisotopic (exact) mass is 498 g/mol. The largest absolute Gasteiger partial charge is 0.342 e. The number of nitrogens with one attached hydrogen (secondary N) is 1. The highest BCUT2D eigenvalue weighted by atomic mass is 32.2. The predicted molar refractivity (Wildman–Crippen MR) is 148 cm³/mol. The summed E-state index contributed by atoms with van der Waals surface area (Å²) in [6.45, 7) is 8.34. The molecule has 0 spiro atoms. The van der Waals surface area contributed by atoms with E-state index in [-0.39, 0.29) is 11.9 Å². The van der Waals surface area contributed by atoms with Gasteiger partial charge < -0.3 is 5.32 Å². The summed E-state index contributed by atoms with van der Waals surface area (Å²) in [7, 11) is 0. The highest BCUT2D eigenvalue weighted by Gasteiger charge is 2.22. The van der Waals surface area contributed by atoms with Crippen LogP contribution in [0.5, 0.6) is 0 Å². The van der Waals surface area contributed by atoms with Crippen molar-refractivity contribution in [2.45, 2.75) is 63.9 Å². The average Bonchev–Trinajstić information content (AvgIpc) is 3.32. The lowest BCUT2D eigenvalue weighted by Gasteiger charge is -2.17. The molecule has 0 aliphatic carbocycles. The molecule has 0 saturated carbocycles. The molecule has 1 unspecified atom stereocenters. The summed E-state index contributed by atoms with van der Waals surface area (Å²) < 4.78 is 2.06. The molecular formula is C30H34N4OS. The molecule has 0 radical (unpaired) electrons. The number of amides is 1. The first kappa shape index (κ1) is 25.7. The van der Waals surface area contributed by atoms with Crippen molar-refractivity contribution in [3.05, 3.63) is 106 Å². The topological polar surface area (TPSA) is 59.8 Å². The molecule has 5 nitrogen and oxygen atoms in total. The van der Waals surface area contributed by atoms with Gasteiger partial charge >= 0.3 is 0 Å². The maximum Gasteiger partial charge on any atom is 0.251 e. The van der Waals surface area contributed by atoms with Crippen molar-refractivity contribution in [3.63, 3.8) is 0 Å². The van der Waals surface area contributed by atoms with Gasteiger partial charge in [-0.3, -0.25) is 9.36 Å². The average molecular weight is 499 g/mol. The minimum atomic E-state index is -0.320. The van der Waals surface area contributed by atoms with Crippen molar-refractivity contribution in [2.75, 3.05) is 0 Å². The summed E-state index contributed by atoms with van der Waals surface area (Å²) in [6.07, 6.45) is 3.35. The number of thioether (sulfide) groups is 1. The Morgan fingerprint density at radius 2 is 1.69 bits per heavy atom. The minimum absolute atomic E-state index is 0.114. The number of hydrogen-bond donors (Lipinski definition) is 1. The van der Waals surface area contributed by atoms with Crippen LogP contribution in [0.15, 0.2) is 78.0 Å². The summed E-state index contributed by atoms with van der Waals surface area (Å²) in [4.78, 5) is 13.0. The van der Waals surface area contributed by atoms with Gasteiger partial charge in [0.15, 0.2) is 11.0 Å². The number of unbranched alkanes of at least 4 members (excludes halogenated alkanes) is 1. The highest BCUT2D eigenvalue weighted by Crippen LogP contribution is 2.28. The lowest BCUT2D eigenvalue weighted by atomic mass is 10.1. The first-order valence-corrected chi connectivity index (χ1v) is 13.5. The molecule has 1 N–H and O–H groups in total. The maximum atomic E-state index is 13.0. The Hall–Kier alpha value is -3.38. The third kappa shape index (κ3) is 6.24. The standard InChI is InChI=1S/C30H34N4OS/c1-5-6-10-24-14-16-25(17-15-24)29(35)31-23(4)28-32-33-30(34(28)27-18-12-21(2)13-19-27)36-20-26-11-8-7-9-22(26)3/h7-9,11-19,23H,5-6,10,20H2,1-4H3,(H,31,35). The quantitative estimate of drug-likeness (QED) is 0.239. The van der Waals surface area contributed by atoms with Gasteiger partial charge in [0.25, 0.3) is 5.91 Å². The molecule has 0 saturated heterocycles. The molecule has 1 aromatic heterocycles. The second-order valence-corrected chi connectivity index (χ2v) is 10.2. The Labute approximate surface area is 218 Å². The number of hydrogen-bond acceptors (Lipinski definition) is 4. The smallest absolute Gasteiger partial charge is 0.251 e. The Kier molecular flexibility index (Phi) is 8.60. The lowest BCUT2D eigenvalue weighted by Crippen LogP contribution is -2.28. The molecular weight excluding hydrogens is 464 g/mol. The van der Waals surface area contributed by atoms with Crippen molar-refractivity contribution in [1.29, 1.82) is 0 Å². The van der Waals surface area contributed by atoms with Crippen LogP contribution in [0.25, 0.3) is 5.69 Å². The lowest BCUT2D eigenvalue weighted by molar-refractivity contribution is 0.0938. The van der Waals surface area contributed by atoms with Crippen molar-refractivity contribution >= 4 is 17.7 Å². The van der Waals surface area contributed by atoms with E-state index in [0.717, 1.165) is 35.9 Å². The first-order chi connectivity index (χ1) is 17.5. The molecule has 1 atom stereocenters. The number of carbonyl (C=O) groups is 1. The van der Waals surface area contributed by atoms with E-state index in [1.807, 2.05) is 31.2 Å². The number of aromatic nitrogens is 3. The molecule has 1 heterocycles. The van der Waals surface area contributed by atoms with E-state index in [9.17, 15) is 4.79 Å². The normalized spacial score (nSPS) is 11.9. The molecule has 3 aromatic carbocycles. The SMILES string of the molecule is CCCCc1ccc(C(=O)NC(C)c2nnc(SCc3ccccc3C)n2-c2ccc(C)cc2)cc1. The van der Waals surface area contributed by atoms with Crippen molar-refractivity contribution in [3.8, 4) is 5.69 Å². The van der Waals surface area contributed by atoms with Crippen molar-refractivity contribution < 1.29 is 4.79 Å². The van der Waals surface area contributed by atoms with Crippen molar-refractivity contribution in [1.82, 2.24) is 20.1 Å². The molecule has 0 aliphatic rings. The van der Waals surface area contributed by atoms with Gasteiger partial charge in [-0.1, -0.05) is 79.2 Å². The molecule has 0 aliphatic heterocycles. The summed E-state index contributed by atoms with van der Waals surface area (Å²) in [5, 5.41) is 13.0. The molecule has 36 heavy (non-hydrogen) atoms. The zero-order valence-corrected chi connectivity index (χ0v) is 22.3. The summed E-state index contributed by atoms with van der Waals surface area (Å²) in [5.74, 6) is 1.39. The fraction of sp³-hybridized carbons (Fsp3) is 0.300. The third-order valence-corrected chi connectivity index (χ3v) is 7.32. The highest BCUT2D eigenvalue weighted by molar-refractivity contribution is 7.98. The molecule has 4 rings (SSSR count). The zero-order valence-electron chi connectivity index (χ0n) is 21.5. The summed E-state index contributed by atoms with van der Waals surface area (Å²) in [5.41, 5.74) is 6.60. The van der Waals surface area contributed by atoms with E-state index in [4.69, 9.17) is 0 Å². The van der Waals surface area contributed by atoms with Gasteiger partial charge in [-0.05, 0) is 74.6 Å². The van der Waals surface area contributed by atoms with Crippen LogP contribution < -0.4 is 5.32 Å². The van der Waals surface area contributed by atoms with Crippen LogP contribution in [0.1, 0.15) is 71.2 Å². The van der Waals surface area contributed by atoms with Gasteiger partial charge in [-0.2, -0.15) is 0 Å². The number of benzene rings is 3. The summed E-state index contributed by atoms with van der Waals surface area (Å²) >= 11 is 1.65. The molecule has 0 fully saturated rings. The Bertz CT molecular complexity index is 1300. The van der Waals surface area contributed by atoms with Crippen LogP contribution in [-0.4, -0.2) is 20.7 Å². The second-order valence-electron chi connectivity index (χ2n) is 9.22. The van der Waals surface area contributed by atoms with Gasteiger partial charge in [0.2, 0.25) is 0 Å². The van der Waals surface area contributed by atoms with Gasteiger partial charge in [0.05, 0.1) is 6.04 Å². The molecule has 186 valence electrons. The maximum absolute atomic E-state index is 13.0. The van der Waals surface area contributed by atoms with E-state index in [2.05, 4.69) is 89.4 Å². The molecule has 6 heteroatoms. The van der Waals surface area contributed by atoms with Gasteiger partial charge in [-0.25, -0.2) is 0 Å². The Morgan fingerprint density at radius 3 is 2.39 bits per heavy atom. The number of carbonyl (C=O) groups excluding carboxylic acids is 1. The Morgan fingerprint density at radius 1 is 0.972 bits per heavy atom. The van der Waals surface area contributed by atoms with Crippen LogP contribution >= 0.6 is 11.8 Å². The number of nitrogens with zero attached hydrogens (tertiary/aromatic N) is 3. The van der Waals surface area contributed by atoms with Gasteiger partial charge in [-0.15, -0.1) is 10.2 Å². The zero-order chi connectivity index (χ0) is 25.5. The fourth-order valence-electron chi connectivity index (χ4n) is 4.05.